The molecule has 0 aromatic heterocycles. The Morgan fingerprint density at radius 2 is 2.00 bits per heavy atom. The molecule has 0 aliphatic rings. The molecule has 1 N–H and O–H groups in total. The molecule has 3 nitrogen and oxygen atoms in total. The van der Waals surface area contributed by atoms with Crippen LogP contribution in [-0.2, 0) is 9.53 Å². The number of rotatable bonds is 5. The van der Waals surface area contributed by atoms with Crippen LogP contribution in [0.2, 0.25) is 0 Å². The summed E-state index contributed by atoms with van der Waals surface area (Å²) in [6, 6.07) is 0. The van der Waals surface area contributed by atoms with Crippen LogP contribution in [0.1, 0.15) is 33.1 Å². The smallest absolute Gasteiger partial charge is 0.305 e. The van der Waals surface area contributed by atoms with Crippen molar-refractivity contribution in [1.82, 2.24) is 0 Å². The molecule has 0 atom stereocenters. The number of carbonyl (C=O) groups excluding carboxylic acids is 1. The van der Waals surface area contributed by atoms with Crippen LogP contribution < -0.4 is 0 Å². The summed E-state index contributed by atoms with van der Waals surface area (Å²) < 4.78 is 4.52. The lowest BCUT2D eigenvalue weighted by Gasteiger charge is -2.22. The summed E-state index contributed by atoms with van der Waals surface area (Å²) in [5.41, 5.74) is 0.0307. The zero-order valence-corrected chi connectivity index (χ0v) is 8.09. The van der Waals surface area contributed by atoms with E-state index in [4.69, 9.17) is 5.11 Å². The molecule has 0 saturated heterocycles. The second-order valence-corrected chi connectivity index (χ2v) is 3.71. The first kappa shape index (κ1) is 11.4. The third-order valence-electron chi connectivity index (χ3n) is 2.02. The van der Waals surface area contributed by atoms with E-state index in [1.54, 1.807) is 0 Å². The molecular formula is C9H18O3. The second-order valence-electron chi connectivity index (χ2n) is 3.71. The summed E-state index contributed by atoms with van der Waals surface area (Å²) in [4.78, 5) is 10.8. The van der Waals surface area contributed by atoms with Gasteiger partial charge in [0.15, 0.2) is 0 Å². The molecule has 0 fully saturated rings. The molecule has 0 aliphatic heterocycles. The second kappa shape index (κ2) is 5.14. The van der Waals surface area contributed by atoms with E-state index in [0.29, 0.717) is 6.42 Å². The number of carbonyl (C=O) groups is 1. The van der Waals surface area contributed by atoms with Crippen molar-refractivity contribution in [2.24, 2.45) is 5.41 Å². The van der Waals surface area contributed by atoms with Gasteiger partial charge in [-0.2, -0.15) is 0 Å². The number of methoxy groups -OCH3 is 1. The monoisotopic (exact) mass is 174 g/mol. The molecule has 0 unspecified atom stereocenters. The highest BCUT2D eigenvalue weighted by Gasteiger charge is 2.18. The first-order valence-electron chi connectivity index (χ1n) is 4.19. The van der Waals surface area contributed by atoms with Gasteiger partial charge in [-0.15, -0.1) is 0 Å². The molecule has 0 spiro atoms. The van der Waals surface area contributed by atoms with Crippen molar-refractivity contribution in [3.63, 3.8) is 0 Å². The Labute approximate surface area is 73.7 Å². The number of hydrogen-bond donors (Lipinski definition) is 1. The van der Waals surface area contributed by atoms with E-state index in [-0.39, 0.29) is 18.0 Å². The van der Waals surface area contributed by atoms with Crippen LogP contribution >= 0.6 is 0 Å². The number of aliphatic hydroxyl groups excluding tert-OH is 1. The van der Waals surface area contributed by atoms with Gasteiger partial charge in [0.25, 0.3) is 0 Å². The highest BCUT2D eigenvalue weighted by molar-refractivity contribution is 5.69. The van der Waals surface area contributed by atoms with Gasteiger partial charge in [-0.25, -0.2) is 0 Å². The van der Waals surface area contributed by atoms with Gasteiger partial charge in [0, 0.05) is 13.0 Å². The predicted molar refractivity (Wildman–Crippen MR) is 46.7 cm³/mol. The minimum atomic E-state index is -0.180. The highest BCUT2D eigenvalue weighted by atomic mass is 16.5. The maximum atomic E-state index is 10.8. The molecule has 0 bridgehead atoms. The van der Waals surface area contributed by atoms with Crippen molar-refractivity contribution in [2.45, 2.75) is 33.1 Å². The average Bonchev–Trinajstić information content (AvgIpc) is 2.00. The Hall–Kier alpha value is -0.570. The van der Waals surface area contributed by atoms with Crippen LogP contribution in [-0.4, -0.2) is 24.8 Å². The van der Waals surface area contributed by atoms with E-state index in [1.807, 2.05) is 13.8 Å². The highest BCUT2D eigenvalue weighted by Crippen LogP contribution is 2.26. The van der Waals surface area contributed by atoms with Crippen molar-refractivity contribution in [1.29, 1.82) is 0 Å². The zero-order chi connectivity index (χ0) is 9.61. The normalized spacial score (nSPS) is 11.3. The Morgan fingerprint density at radius 1 is 1.42 bits per heavy atom. The lowest BCUT2D eigenvalue weighted by Crippen LogP contribution is -2.15. The molecule has 0 heterocycles. The Morgan fingerprint density at radius 3 is 2.42 bits per heavy atom. The summed E-state index contributed by atoms with van der Waals surface area (Å²) >= 11 is 0. The van der Waals surface area contributed by atoms with Gasteiger partial charge in [0.2, 0.25) is 0 Å². The molecule has 0 aromatic rings. The number of esters is 1. The number of aliphatic hydroxyl groups is 1. The van der Waals surface area contributed by atoms with Crippen LogP contribution in [0.3, 0.4) is 0 Å². The van der Waals surface area contributed by atoms with Crippen molar-refractivity contribution < 1.29 is 14.6 Å². The summed E-state index contributed by atoms with van der Waals surface area (Å²) in [6.45, 7) is 4.24. The molecular weight excluding hydrogens is 156 g/mol. The first-order valence-corrected chi connectivity index (χ1v) is 4.19. The maximum Gasteiger partial charge on any atom is 0.305 e. The largest absolute Gasteiger partial charge is 0.469 e. The minimum Gasteiger partial charge on any atom is -0.469 e. The van der Waals surface area contributed by atoms with E-state index in [1.165, 1.54) is 7.11 Å². The topological polar surface area (TPSA) is 46.5 Å². The Bertz CT molecular complexity index is 141. The van der Waals surface area contributed by atoms with Gasteiger partial charge in [-0.1, -0.05) is 13.8 Å². The third-order valence-corrected chi connectivity index (χ3v) is 2.02. The summed E-state index contributed by atoms with van der Waals surface area (Å²) in [5, 5.41) is 8.71. The van der Waals surface area contributed by atoms with Gasteiger partial charge in [-0.3, -0.25) is 4.79 Å². The predicted octanol–water partition coefficient (Wildman–Crippen LogP) is 1.35. The fraction of sp³-hybridized carbons (Fsp3) is 0.889. The first-order chi connectivity index (χ1) is 5.52. The SMILES string of the molecule is COC(=O)CCC(C)(C)CCO. The van der Waals surface area contributed by atoms with Gasteiger partial charge in [0.05, 0.1) is 7.11 Å². The summed E-state index contributed by atoms with van der Waals surface area (Å²) in [6.07, 6.45) is 1.92. The number of ether oxygens (including phenoxy) is 1. The van der Waals surface area contributed by atoms with Crippen molar-refractivity contribution >= 4 is 5.97 Å². The fourth-order valence-electron chi connectivity index (χ4n) is 0.970. The van der Waals surface area contributed by atoms with Crippen LogP contribution in [0.4, 0.5) is 0 Å². The average molecular weight is 174 g/mol. The van der Waals surface area contributed by atoms with Crippen LogP contribution in [0.15, 0.2) is 0 Å². The van der Waals surface area contributed by atoms with E-state index >= 15 is 0 Å². The fourth-order valence-corrected chi connectivity index (χ4v) is 0.970. The van der Waals surface area contributed by atoms with Crippen LogP contribution in [0, 0.1) is 5.41 Å². The quantitative estimate of drug-likeness (QED) is 0.640. The zero-order valence-electron chi connectivity index (χ0n) is 8.09. The van der Waals surface area contributed by atoms with Gasteiger partial charge in [-0.05, 0) is 18.3 Å². The summed E-state index contributed by atoms with van der Waals surface area (Å²) in [5.74, 6) is -0.180. The Balaban J connectivity index is 3.67. The summed E-state index contributed by atoms with van der Waals surface area (Å²) in [7, 11) is 1.39. The molecule has 0 aliphatic carbocycles. The van der Waals surface area contributed by atoms with Gasteiger partial charge >= 0.3 is 5.97 Å². The molecule has 12 heavy (non-hydrogen) atoms. The van der Waals surface area contributed by atoms with E-state index < -0.39 is 0 Å². The molecule has 0 aromatic carbocycles. The van der Waals surface area contributed by atoms with Crippen LogP contribution in [0.25, 0.3) is 0 Å². The number of hydrogen-bond acceptors (Lipinski definition) is 3. The Kier molecular flexibility index (Phi) is 4.90. The minimum absolute atomic E-state index is 0.0307. The molecule has 72 valence electrons. The molecule has 0 saturated carbocycles. The van der Waals surface area contributed by atoms with E-state index in [0.717, 1.165) is 12.8 Å². The molecule has 0 radical (unpaired) electrons. The molecule has 0 rings (SSSR count). The van der Waals surface area contributed by atoms with Gasteiger partial charge < -0.3 is 9.84 Å². The van der Waals surface area contributed by atoms with Crippen LogP contribution in [0.5, 0.6) is 0 Å². The standard InChI is InChI=1S/C9H18O3/c1-9(2,6-7-10)5-4-8(11)12-3/h10H,4-7H2,1-3H3. The lowest BCUT2D eigenvalue weighted by atomic mass is 9.85. The molecule has 3 heteroatoms. The molecule has 0 amide bonds. The lowest BCUT2D eigenvalue weighted by molar-refractivity contribution is -0.141. The van der Waals surface area contributed by atoms with E-state index in [2.05, 4.69) is 4.74 Å². The van der Waals surface area contributed by atoms with Crippen molar-refractivity contribution in [2.75, 3.05) is 13.7 Å². The van der Waals surface area contributed by atoms with Gasteiger partial charge in [0.1, 0.15) is 0 Å². The maximum absolute atomic E-state index is 10.8. The third kappa shape index (κ3) is 5.13. The van der Waals surface area contributed by atoms with E-state index in [9.17, 15) is 4.79 Å². The van der Waals surface area contributed by atoms with Crippen molar-refractivity contribution in [3.05, 3.63) is 0 Å². The van der Waals surface area contributed by atoms with Crippen molar-refractivity contribution in [3.8, 4) is 0 Å².